The monoisotopic (exact) mass is 325 g/mol. The second-order valence-electron chi connectivity index (χ2n) is 6.12. The number of aromatic nitrogens is 3. The van der Waals surface area contributed by atoms with Gasteiger partial charge in [-0.1, -0.05) is 6.07 Å². The SMILES string of the molecule is Cc1cccnc1CN1CCN(C(=O)CCc2cnccn2)CC1. The van der Waals surface area contributed by atoms with E-state index in [0.29, 0.717) is 12.8 Å². The first-order valence-electron chi connectivity index (χ1n) is 8.38. The molecule has 2 aromatic rings. The molecule has 0 unspecified atom stereocenters. The summed E-state index contributed by atoms with van der Waals surface area (Å²) in [6.45, 7) is 6.30. The fourth-order valence-corrected chi connectivity index (χ4v) is 2.90. The third kappa shape index (κ3) is 4.35. The molecule has 6 nitrogen and oxygen atoms in total. The zero-order chi connectivity index (χ0) is 16.8. The molecule has 24 heavy (non-hydrogen) atoms. The Kier molecular flexibility index (Phi) is 5.48. The minimum Gasteiger partial charge on any atom is -0.340 e. The van der Waals surface area contributed by atoms with Crippen molar-refractivity contribution in [1.82, 2.24) is 24.8 Å². The Labute approximate surface area is 142 Å². The van der Waals surface area contributed by atoms with Crippen LogP contribution in [0.25, 0.3) is 0 Å². The molecular weight excluding hydrogens is 302 g/mol. The van der Waals surface area contributed by atoms with Crippen LogP contribution in [0.1, 0.15) is 23.4 Å². The van der Waals surface area contributed by atoms with Crippen molar-refractivity contribution in [3.63, 3.8) is 0 Å². The number of hydrogen-bond acceptors (Lipinski definition) is 5. The molecule has 2 aromatic heterocycles. The van der Waals surface area contributed by atoms with Gasteiger partial charge >= 0.3 is 0 Å². The zero-order valence-corrected chi connectivity index (χ0v) is 14.1. The average molecular weight is 325 g/mol. The van der Waals surface area contributed by atoms with Crippen molar-refractivity contribution in [2.24, 2.45) is 0 Å². The number of aryl methyl sites for hydroxylation is 2. The van der Waals surface area contributed by atoms with E-state index in [0.717, 1.165) is 44.1 Å². The van der Waals surface area contributed by atoms with Gasteiger partial charge in [0, 0.05) is 63.9 Å². The van der Waals surface area contributed by atoms with E-state index in [-0.39, 0.29) is 5.91 Å². The fraction of sp³-hybridized carbons (Fsp3) is 0.444. The summed E-state index contributed by atoms with van der Waals surface area (Å²) in [5.41, 5.74) is 3.22. The number of carbonyl (C=O) groups excluding carboxylic acids is 1. The van der Waals surface area contributed by atoms with Crippen molar-refractivity contribution in [3.8, 4) is 0 Å². The lowest BCUT2D eigenvalue weighted by molar-refractivity contribution is -0.133. The van der Waals surface area contributed by atoms with Gasteiger partial charge in [0.15, 0.2) is 0 Å². The summed E-state index contributed by atoms with van der Waals surface area (Å²) in [6, 6.07) is 4.06. The molecule has 1 fully saturated rings. The van der Waals surface area contributed by atoms with Crippen molar-refractivity contribution in [2.75, 3.05) is 26.2 Å². The highest BCUT2D eigenvalue weighted by molar-refractivity contribution is 5.76. The maximum atomic E-state index is 12.3. The van der Waals surface area contributed by atoms with Crippen LogP contribution < -0.4 is 0 Å². The summed E-state index contributed by atoms with van der Waals surface area (Å²) in [4.78, 5) is 29.4. The van der Waals surface area contributed by atoms with Crippen molar-refractivity contribution in [2.45, 2.75) is 26.3 Å². The topological polar surface area (TPSA) is 62.2 Å². The molecule has 0 saturated carbocycles. The van der Waals surface area contributed by atoms with E-state index in [4.69, 9.17) is 0 Å². The third-order valence-electron chi connectivity index (χ3n) is 4.43. The normalized spacial score (nSPS) is 15.5. The van der Waals surface area contributed by atoms with Crippen molar-refractivity contribution in [3.05, 3.63) is 53.9 Å². The minimum absolute atomic E-state index is 0.203. The Morgan fingerprint density at radius 3 is 2.67 bits per heavy atom. The van der Waals surface area contributed by atoms with E-state index in [1.165, 1.54) is 5.56 Å². The molecule has 0 spiro atoms. The van der Waals surface area contributed by atoms with Crippen LogP contribution in [-0.2, 0) is 17.8 Å². The van der Waals surface area contributed by atoms with E-state index in [1.807, 2.05) is 17.2 Å². The molecule has 0 aromatic carbocycles. The van der Waals surface area contributed by atoms with Gasteiger partial charge in [-0.2, -0.15) is 0 Å². The number of rotatable bonds is 5. The van der Waals surface area contributed by atoms with E-state index < -0.39 is 0 Å². The van der Waals surface area contributed by atoms with Crippen LogP contribution in [0.3, 0.4) is 0 Å². The van der Waals surface area contributed by atoms with Gasteiger partial charge in [0.2, 0.25) is 5.91 Å². The average Bonchev–Trinajstić information content (AvgIpc) is 2.63. The second kappa shape index (κ2) is 7.97. The summed E-state index contributed by atoms with van der Waals surface area (Å²) < 4.78 is 0. The number of carbonyl (C=O) groups is 1. The fourth-order valence-electron chi connectivity index (χ4n) is 2.90. The maximum absolute atomic E-state index is 12.3. The zero-order valence-electron chi connectivity index (χ0n) is 14.1. The van der Waals surface area contributed by atoms with Crippen molar-refractivity contribution >= 4 is 5.91 Å². The predicted molar refractivity (Wildman–Crippen MR) is 91.2 cm³/mol. The van der Waals surface area contributed by atoms with Gasteiger partial charge in [-0.15, -0.1) is 0 Å². The van der Waals surface area contributed by atoms with Gasteiger partial charge in [-0.05, 0) is 25.0 Å². The first-order valence-corrected chi connectivity index (χ1v) is 8.38. The number of amides is 1. The van der Waals surface area contributed by atoms with Crippen LogP contribution >= 0.6 is 0 Å². The molecule has 1 aliphatic heterocycles. The van der Waals surface area contributed by atoms with E-state index in [2.05, 4.69) is 32.8 Å². The molecule has 0 bridgehead atoms. The highest BCUT2D eigenvalue weighted by atomic mass is 16.2. The molecule has 0 atom stereocenters. The third-order valence-corrected chi connectivity index (χ3v) is 4.43. The van der Waals surface area contributed by atoms with Crippen LogP contribution in [0.15, 0.2) is 36.9 Å². The van der Waals surface area contributed by atoms with Crippen LogP contribution in [0.2, 0.25) is 0 Å². The molecule has 3 rings (SSSR count). The van der Waals surface area contributed by atoms with Gasteiger partial charge in [0.1, 0.15) is 0 Å². The number of nitrogens with zero attached hydrogens (tertiary/aromatic N) is 5. The van der Waals surface area contributed by atoms with Crippen LogP contribution in [0.4, 0.5) is 0 Å². The predicted octanol–water partition coefficient (Wildman–Crippen LogP) is 1.46. The van der Waals surface area contributed by atoms with E-state index in [1.54, 1.807) is 18.6 Å². The first-order chi connectivity index (χ1) is 11.7. The Hall–Kier alpha value is -2.34. The number of pyridine rings is 1. The lowest BCUT2D eigenvalue weighted by atomic mass is 10.2. The van der Waals surface area contributed by atoms with Crippen molar-refractivity contribution in [1.29, 1.82) is 0 Å². The Morgan fingerprint density at radius 1 is 1.12 bits per heavy atom. The molecule has 0 N–H and O–H groups in total. The smallest absolute Gasteiger partial charge is 0.223 e. The molecule has 1 saturated heterocycles. The maximum Gasteiger partial charge on any atom is 0.223 e. The van der Waals surface area contributed by atoms with Gasteiger partial charge in [0.25, 0.3) is 0 Å². The lowest BCUT2D eigenvalue weighted by Gasteiger charge is -2.34. The molecule has 3 heterocycles. The Balaban J connectivity index is 1.44. The highest BCUT2D eigenvalue weighted by Crippen LogP contribution is 2.11. The molecule has 1 aliphatic rings. The largest absolute Gasteiger partial charge is 0.340 e. The molecule has 0 radical (unpaired) electrons. The number of piperazine rings is 1. The Bertz CT molecular complexity index is 668. The molecule has 126 valence electrons. The van der Waals surface area contributed by atoms with Crippen LogP contribution in [0, 0.1) is 6.92 Å². The first kappa shape index (κ1) is 16.5. The summed E-state index contributed by atoms with van der Waals surface area (Å²) in [6.07, 6.45) is 8.03. The highest BCUT2D eigenvalue weighted by Gasteiger charge is 2.21. The van der Waals surface area contributed by atoms with Crippen LogP contribution in [0.5, 0.6) is 0 Å². The Morgan fingerprint density at radius 2 is 1.96 bits per heavy atom. The van der Waals surface area contributed by atoms with Gasteiger partial charge < -0.3 is 4.90 Å². The minimum atomic E-state index is 0.203. The summed E-state index contributed by atoms with van der Waals surface area (Å²) >= 11 is 0. The van der Waals surface area contributed by atoms with Gasteiger partial charge in [0.05, 0.1) is 11.4 Å². The van der Waals surface area contributed by atoms with Crippen LogP contribution in [-0.4, -0.2) is 56.8 Å². The second-order valence-corrected chi connectivity index (χ2v) is 6.12. The lowest BCUT2D eigenvalue weighted by Crippen LogP contribution is -2.48. The molecular formula is C18H23N5O. The molecule has 1 amide bonds. The number of hydrogen-bond donors (Lipinski definition) is 0. The molecule has 6 heteroatoms. The summed E-state index contributed by atoms with van der Waals surface area (Å²) in [5, 5.41) is 0. The standard InChI is InChI=1S/C18H23N5O/c1-15-3-2-6-21-17(15)14-22-9-11-23(12-10-22)18(24)5-4-16-13-19-7-8-20-16/h2-3,6-8,13H,4-5,9-12,14H2,1H3. The summed E-state index contributed by atoms with van der Waals surface area (Å²) in [5.74, 6) is 0.203. The summed E-state index contributed by atoms with van der Waals surface area (Å²) in [7, 11) is 0. The molecule has 0 aliphatic carbocycles. The van der Waals surface area contributed by atoms with Gasteiger partial charge in [-0.3, -0.25) is 24.6 Å². The van der Waals surface area contributed by atoms with E-state index in [9.17, 15) is 4.79 Å². The van der Waals surface area contributed by atoms with E-state index >= 15 is 0 Å². The van der Waals surface area contributed by atoms with Gasteiger partial charge in [-0.25, -0.2) is 0 Å². The van der Waals surface area contributed by atoms with Crippen molar-refractivity contribution < 1.29 is 4.79 Å². The quantitative estimate of drug-likeness (QED) is 0.833.